The van der Waals surface area contributed by atoms with Gasteiger partial charge in [-0.25, -0.2) is 8.42 Å². The van der Waals surface area contributed by atoms with Gasteiger partial charge in [-0.2, -0.15) is 0 Å². The van der Waals surface area contributed by atoms with Gasteiger partial charge < -0.3 is 10.6 Å². The zero-order valence-corrected chi connectivity index (χ0v) is 17.1. The van der Waals surface area contributed by atoms with Crippen LogP contribution in [0.4, 0.5) is 0 Å². The normalized spacial score (nSPS) is 11.7. The maximum atomic E-state index is 12.1. The summed E-state index contributed by atoms with van der Waals surface area (Å²) in [5.74, 6) is 0.866. The molecule has 0 atom stereocenters. The fourth-order valence-corrected chi connectivity index (χ4v) is 3.35. The van der Waals surface area contributed by atoms with Gasteiger partial charge in [0.15, 0.2) is 15.8 Å². The molecule has 0 heterocycles. The fourth-order valence-electron chi connectivity index (χ4n) is 2.02. The highest BCUT2D eigenvalue weighted by molar-refractivity contribution is 14.0. The number of rotatable bonds is 9. The van der Waals surface area contributed by atoms with E-state index in [0.717, 1.165) is 18.9 Å². The number of nitrogens with one attached hydrogen (secondary N) is 2. The van der Waals surface area contributed by atoms with Crippen LogP contribution in [0.15, 0.2) is 40.2 Å². The Balaban J connectivity index is 0.00000484. The van der Waals surface area contributed by atoms with Gasteiger partial charge in [0.05, 0.1) is 10.6 Å². The largest absolute Gasteiger partial charge is 0.356 e. The highest BCUT2D eigenvalue weighted by Gasteiger charge is 2.12. The Hall–Kier alpha value is -0.830. The van der Waals surface area contributed by atoms with Gasteiger partial charge in [-0.3, -0.25) is 4.99 Å². The van der Waals surface area contributed by atoms with E-state index < -0.39 is 9.84 Å². The van der Waals surface area contributed by atoms with Crippen molar-refractivity contribution in [2.45, 2.75) is 37.5 Å². The Morgan fingerprint density at radius 1 is 1.04 bits per heavy atom. The van der Waals surface area contributed by atoms with Gasteiger partial charge in [0.25, 0.3) is 0 Å². The SMILES string of the molecule is CCCCCNC(=NC)NCCCS(=O)(=O)c1ccccc1.I. The lowest BCUT2D eigenvalue weighted by atomic mass is 10.2. The van der Waals surface area contributed by atoms with Crippen LogP contribution in [0.5, 0.6) is 0 Å². The van der Waals surface area contributed by atoms with Crippen LogP contribution < -0.4 is 10.6 Å². The van der Waals surface area contributed by atoms with Crippen LogP contribution in [-0.4, -0.2) is 40.3 Å². The number of hydrogen-bond donors (Lipinski definition) is 2. The van der Waals surface area contributed by atoms with Crippen molar-refractivity contribution in [1.82, 2.24) is 10.6 Å². The third kappa shape index (κ3) is 9.14. The molecule has 7 heteroatoms. The van der Waals surface area contributed by atoms with Crippen LogP contribution >= 0.6 is 24.0 Å². The van der Waals surface area contributed by atoms with Gasteiger partial charge in [-0.15, -0.1) is 24.0 Å². The van der Waals surface area contributed by atoms with Gasteiger partial charge in [0.1, 0.15) is 0 Å². The molecule has 1 aromatic carbocycles. The van der Waals surface area contributed by atoms with Crippen molar-refractivity contribution < 1.29 is 8.42 Å². The van der Waals surface area contributed by atoms with Gasteiger partial charge in [0, 0.05) is 20.1 Å². The number of guanidine groups is 1. The van der Waals surface area contributed by atoms with Gasteiger partial charge in [-0.05, 0) is 25.0 Å². The summed E-state index contributed by atoms with van der Waals surface area (Å²) in [5.41, 5.74) is 0. The Morgan fingerprint density at radius 3 is 2.22 bits per heavy atom. The van der Waals surface area contributed by atoms with E-state index >= 15 is 0 Å². The molecule has 0 spiro atoms. The van der Waals surface area contributed by atoms with Crippen molar-refractivity contribution in [3.8, 4) is 0 Å². The number of nitrogens with zero attached hydrogens (tertiary/aromatic N) is 1. The molecule has 2 N–H and O–H groups in total. The van der Waals surface area contributed by atoms with E-state index in [2.05, 4.69) is 22.5 Å². The van der Waals surface area contributed by atoms with Crippen molar-refractivity contribution in [2.75, 3.05) is 25.9 Å². The molecule has 0 unspecified atom stereocenters. The monoisotopic (exact) mass is 453 g/mol. The molecule has 1 aromatic rings. The number of unbranched alkanes of at least 4 members (excludes halogenated alkanes) is 2. The molecule has 5 nitrogen and oxygen atoms in total. The number of benzene rings is 1. The molecule has 0 bridgehead atoms. The molecule has 0 aliphatic heterocycles. The second-order valence-electron chi connectivity index (χ2n) is 5.12. The molecule has 0 amide bonds. The zero-order valence-electron chi connectivity index (χ0n) is 13.9. The molecule has 0 fully saturated rings. The predicted octanol–water partition coefficient (Wildman–Crippen LogP) is 2.82. The Kier molecular flexibility index (Phi) is 12.1. The topological polar surface area (TPSA) is 70.6 Å². The minimum absolute atomic E-state index is 0. The van der Waals surface area contributed by atoms with E-state index in [1.165, 1.54) is 12.8 Å². The van der Waals surface area contributed by atoms with E-state index in [0.29, 0.717) is 17.9 Å². The molecule has 0 saturated heterocycles. The first kappa shape index (κ1) is 22.2. The summed E-state index contributed by atoms with van der Waals surface area (Å²) in [5, 5.41) is 6.37. The third-order valence-corrected chi connectivity index (χ3v) is 5.10. The molecule has 0 aliphatic carbocycles. The number of hydrogen-bond acceptors (Lipinski definition) is 3. The molecule has 23 heavy (non-hydrogen) atoms. The van der Waals surface area contributed by atoms with E-state index in [1.54, 1.807) is 31.3 Å². The summed E-state index contributed by atoms with van der Waals surface area (Å²) in [6, 6.07) is 8.57. The average molecular weight is 453 g/mol. The van der Waals surface area contributed by atoms with Crippen LogP contribution in [0.2, 0.25) is 0 Å². The highest BCUT2D eigenvalue weighted by atomic mass is 127. The van der Waals surface area contributed by atoms with Crippen LogP contribution in [-0.2, 0) is 9.84 Å². The average Bonchev–Trinajstić information content (AvgIpc) is 2.54. The first-order valence-electron chi connectivity index (χ1n) is 7.82. The van der Waals surface area contributed by atoms with E-state index in [4.69, 9.17) is 0 Å². The maximum Gasteiger partial charge on any atom is 0.190 e. The van der Waals surface area contributed by atoms with Crippen molar-refractivity contribution in [1.29, 1.82) is 0 Å². The molecule has 0 aromatic heterocycles. The lowest BCUT2D eigenvalue weighted by Gasteiger charge is -2.11. The molecule has 1 rings (SSSR count). The number of sulfone groups is 1. The van der Waals surface area contributed by atoms with E-state index in [9.17, 15) is 8.42 Å². The molecule has 0 aliphatic rings. The van der Waals surface area contributed by atoms with Crippen LogP contribution in [0.1, 0.15) is 32.6 Å². The molecule has 0 saturated carbocycles. The second-order valence-corrected chi connectivity index (χ2v) is 7.23. The number of aliphatic imine (C=N–C) groups is 1. The van der Waals surface area contributed by atoms with Gasteiger partial charge >= 0.3 is 0 Å². The maximum absolute atomic E-state index is 12.1. The summed E-state index contributed by atoms with van der Waals surface area (Å²) in [6.45, 7) is 3.63. The summed E-state index contributed by atoms with van der Waals surface area (Å²) in [7, 11) is -1.47. The van der Waals surface area contributed by atoms with Crippen molar-refractivity contribution in [3.05, 3.63) is 30.3 Å². The molecule has 0 radical (unpaired) electrons. The minimum atomic E-state index is -3.19. The third-order valence-electron chi connectivity index (χ3n) is 3.28. The molecule has 132 valence electrons. The van der Waals surface area contributed by atoms with Gasteiger partial charge in [0.2, 0.25) is 0 Å². The van der Waals surface area contributed by atoms with Crippen molar-refractivity contribution in [3.63, 3.8) is 0 Å². The Morgan fingerprint density at radius 2 is 1.65 bits per heavy atom. The number of halogens is 1. The first-order valence-corrected chi connectivity index (χ1v) is 9.47. The lowest BCUT2D eigenvalue weighted by molar-refractivity contribution is 0.592. The second kappa shape index (κ2) is 12.6. The van der Waals surface area contributed by atoms with Crippen LogP contribution in [0.3, 0.4) is 0 Å². The van der Waals surface area contributed by atoms with Gasteiger partial charge in [-0.1, -0.05) is 38.0 Å². The zero-order chi connectivity index (χ0) is 16.3. The quantitative estimate of drug-likeness (QED) is 0.261. The summed E-state index contributed by atoms with van der Waals surface area (Å²) in [6.07, 6.45) is 4.04. The lowest BCUT2D eigenvalue weighted by Crippen LogP contribution is -2.38. The van der Waals surface area contributed by atoms with E-state index in [1.807, 2.05) is 6.07 Å². The Bertz CT molecular complexity index is 548. The minimum Gasteiger partial charge on any atom is -0.356 e. The Labute approximate surface area is 157 Å². The van der Waals surface area contributed by atoms with Crippen LogP contribution in [0, 0.1) is 0 Å². The first-order chi connectivity index (χ1) is 10.6. The fraction of sp³-hybridized carbons (Fsp3) is 0.562. The summed E-state index contributed by atoms with van der Waals surface area (Å²) >= 11 is 0. The highest BCUT2D eigenvalue weighted by Crippen LogP contribution is 2.10. The van der Waals surface area contributed by atoms with Crippen LogP contribution in [0.25, 0.3) is 0 Å². The van der Waals surface area contributed by atoms with Crippen molar-refractivity contribution >= 4 is 39.8 Å². The van der Waals surface area contributed by atoms with Crippen molar-refractivity contribution in [2.24, 2.45) is 4.99 Å². The standard InChI is InChI=1S/C16H27N3O2S.HI/c1-3-4-8-12-18-16(17-2)19-13-9-14-22(20,21)15-10-6-5-7-11-15;/h5-7,10-11H,3-4,8-9,12-14H2,1-2H3,(H2,17,18,19);1H. The molecular formula is C16H28IN3O2S. The predicted molar refractivity (Wildman–Crippen MR) is 107 cm³/mol. The summed E-state index contributed by atoms with van der Waals surface area (Å²) < 4.78 is 24.2. The summed E-state index contributed by atoms with van der Waals surface area (Å²) in [4.78, 5) is 4.51. The molecular weight excluding hydrogens is 425 g/mol. The van der Waals surface area contributed by atoms with E-state index in [-0.39, 0.29) is 29.7 Å². The smallest absolute Gasteiger partial charge is 0.190 e.